The third-order valence-corrected chi connectivity index (χ3v) is 2.53. The van der Waals surface area contributed by atoms with Crippen LogP contribution in [-0.2, 0) is 9.53 Å². The van der Waals surface area contributed by atoms with E-state index in [0.29, 0.717) is 13.2 Å². The molecule has 3 N–H and O–H groups in total. The van der Waals surface area contributed by atoms with Gasteiger partial charge < -0.3 is 14.7 Å². The predicted octanol–water partition coefficient (Wildman–Crippen LogP) is -1.86. The number of carboxylic acid groups (broad SMARTS) is 1. The van der Waals surface area contributed by atoms with Crippen molar-refractivity contribution < 1.29 is 14.6 Å². The highest BCUT2D eigenvalue weighted by Crippen LogP contribution is 2.12. The molecule has 9 heteroatoms. The van der Waals surface area contributed by atoms with Gasteiger partial charge in [0.05, 0.1) is 19.1 Å². The average molecular weight is 256 g/mol. The predicted molar refractivity (Wildman–Crippen MR) is 59.7 cm³/mol. The molecule has 1 saturated heterocycles. The van der Waals surface area contributed by atoms with E-state index in [9.17, 15) is 14.4 Å². The molecule has 98 valence electrons. The number of nitrogens with one attached hydrogen (secondary N) is 2. The molecule has 9 nitrogen and oxygen atoms in total. The van der Waals surface area contributed by atoms with Crippen molar-refractivity contribution in [3.63, 3.8) is 0 Å². The van der Waals surface area contributed by atoms with Gasteiger partial charge in [-0.2, -0.15) is 0 Å². The molecule has 18 heavy (non-hydrogen) atoms. The monoisotopic (exact) mass is 256 g/mol. The fraction of sp³-hybridized carbons (Fsp3) is 0.556. The summed E-state index contributed by atoms with van der Waals surface area (Å²) in [5.41, 5.74) is -1.28. The summed E-state index contributed by atoms with van der Waals surface area (Å²) in [7, 11) is 0. The van der Waals surface area contributed by atoms with Crippen molar-refractivity contribution in [2.24, 2.45) is 0 Å². The van der Waals surface area contributed by atoms with Gasteiger partial charge in [-0.3, -0.25) is 14.6 Å². The van der Waals surface area contributed by atoms with Crippen LogP contribution in [0.15, 0.2) is 9.59 Å². The van der Waals surface area contributed by atoms with Crippen LogP contribution in [0.1, 0.15) is 6.42 Å². The molecule has 0 aromatic carbocycles. The maximum atomic E-state index is 11.5. The second-order valence-electron chi connectivity index (χ2n) is 3.87. The van der Waals surface area contributed by atoms with Gasteiger partial charge in [-0.25, -0.2) is 9.89 Å². The number of aromatic amines is 2. The highest BCUT2D eigenvalue weighted by atomic mass is 16.5. The first-order chi connectivity index (χ1) is 8.56. The highest BCUT2D eigenvalue weighted by Gasteiger charge is 2.25. The van der Waals surface area contributed by atoms with Gasteiger partial charge in [0.15, 0.2) is 0 Å². The number of nitrogens with zero attached hydrogens (tertiary/aromatic N) is 2. The van der Waals surface area contributed by atoms with Crippen LogP contribution < -0.4 is 16.1 Å². The number of rotatable bonds is 3. The SMILES string of the molecule is O=C(O)CC1CN(c2n[nH]c(=O)[nH]c2=O)CCO1. The lowest BCUT2D eigenvalue weighted by Gasteiger charge is -2.32. The Hall–Kier alpha value is -2.16. The Bertz CT molecular complexity index is 550. The van der Waals surface area contributed by atoms with Crippen LogP contribution in [0.25, 0.3) is 0 Å². The van der Waals surface area contributed by atoms with E-state index < -0.39 is 23.3 Å². The van der Waals surface area contributed by atoms with E-state index in [0.717, 1.165) is 0 Å². The Labute approximate surface area is 100 Å². The molecule has 0 spiro atoms. The third-order valence-electron chi connectivity index (χ3n) is 2.53. The number of carboxylic acids is 1. The van der Waals surface area contributed by atoms with Gasteiger partial charge in [-0.15, -0.1) is 5.10 Å². The van der Waals surface area contributed by atoms with E-state index in [4.69, 9.17) is 9.84 Å². The summed E-state index contributed by atoms with van der Waals surface area (Å²) < 4.78 is 5.27. The number of hydrogen-bond acceptors (Lipinski definition) is 6. The summed E-state index contributed by atoms with van der Waals surface area (Å²) in [5.74, 6) is -0.904. The molecule has 1 atom stereocenters. The summed E-state index contributed by atoms with van der Waals surface area (Å²) in [6.45, 7) is 0.963. The molecule has 1 aromatic rings. The standard InChI is InChI=1S/C9H12N4O5/c14-6(15)3-5-4-13(1-2-18-5)7-8(16)10-9(17)12-11-7/h5H,1-4H2,(H,14,15)(H2,10,12,16,17). The zero-order valence-electron chi connectivity index (χ0n) is 9.38. The normalized spacial score (nSPS) is 19.8. The van der Waals surface area contributed by atoms with Crippen LogP contribution in [-0.4, -0.2) is 52.1 Å². The zero-order valence-corrected chi connectivity index (χ0v) is 9.38. The van der Waals surface area contributed by atoms with Crippen LogP contribution in [0.5, 0.6) is 0 Å². The molecule has 1 unspecified atom stereocenters. The van der Waals surface area contributed by atoms with Gasteiger partial charge in [0.1, 0.15) is 0 Å². The summed E-state index contributed by atoms with van der Waals surface area (Å²) in [6.07, 6.45) is -0.637. The first-order valence-corrected chi connectivity index (χ1v) is 5.33. The smallest absolute Gasteiger partial charge is 0.342 e. The van der Waals surface area contributed by atoms with Crippen molar-refractivity contribution in [3.8, 4) is 0 Å². The number of aromatic nitrogens is 3. The Morgan fingerprint density at radius 1 is 1.56 bits per heavy atom. The summed E-state index contributed by atoms with van der Waals surface area (Å²) in [5, 5.41) is 14.5. The second kappa shape index (κ2) is 5.00. The number of ether oxygens (including phenoxy) is 1. The van der Waals surface area contributed by atoms with Crippen molar-refractivity contribution in [2.75, 3.05) is 24.6 Å². The van der Waals surface area contributed by atoms with Crippen molar-refractivity contribution in [1.29, 1.82) is 0 Å². The fourth-order valence-corrected chi connectivity index (χ4v) is 1.79. The Balaban J connectivity index is 2.15. The van der Waals surface area contributed by atoms with Gasteiger partial charge in [0.25, 0.3) is 5.56 Å². The van der Waals surface area contributed by atoms with Crippen molar-refractivity contribution in [1.82, 2.24) is 15.2 Å². The van der Waals surface area contributed by atoms with Crippen LogP contribution in [0, 0.1) is 0 Å². The summed E-state index contributed by atoms with van der Waals surface area (Å²) >= 11 is 0. The minimum Gasteiger partial charge on any atom is -0.481 e. The number of aliphatic carboxylic acids is 1. The number of H-pyrrole nitrogens is 2. The van der Waals surface area contributed by atoms with Crippen LogP contribution >= 0.6 is 0 Å². The van der Waals surface area contributed by atoms with Crippen molar-refractivity contribution in [2.45, 2.75) is 12.5 Å². The largest absolute Gasteiger partial charge is 0.481 e. The highest BCUT2D eigenvalue weighted by molar-refractivity contribution is 5.67. The molecule has 0 bridgehead atoms. The molecule has 0 amide bonds. The van der Waals surface area contributed by atoms with Gasteiger partial charge >= 0.3 is 11.7 Å². The summed E-state index contributed by atoms with van der Waals surface area (Å²) in [6, 6.07) is 0. The molecule has 0 radical (unpaired) electrons. The molecule has 1 aliphatic rings. The Kier molecular flexibility index (Phi) is 3.42. The van der Waals surface area contributed by atoms with Crippen LogP contribution in [0.2, 0.25) is 0 Å². The molecule has 0 aliphatic carbocycles. The third kappa shape index (κ3) is 2.74. The van der Waals surface area contributed by atoms with Crippen molar-refractivity contribution in [3.05, 3.63) is 20.8 Å². The van der Waals surface area contributed by atoms with E-state index in [1.165, 1.54) is 0 Å². The zero-order chi connectivity index (χ0) is 13.1. The van der Waals surface area contributed by atoms with Gasteiger partial charge in [0.2, 0.25) is 5.82 Å². The van der Waals surface area contributed by atoms with Crippen molar-refractivity contribution >= 4 is 11.8 Å². The van der Waals surface area contributed by atoms with E-state index in [2.05, 4.69) is 15.2 Å². The first kappa shape index (κ1) is 12.3. The number of hydrogen-bond donors (Lipinski definition) is 3. The quantitative estimate of drug-likeness (QED) is 0.578. The van der Waals surface area contributed by atoms with Crippen LogP contribution in [0.3, 0.4) is 0 Å². The molecule has 2 rings (SSSR count). The number of anilines is 1. The minimum absolute atomic E-state index is 0.0632. The van der Waals surface area contributed by atoms with Crippen LogP contribution in [0.4, 0.5) is 5.82 Å². The van der Waals surface area contributed by atoms with E-state index in [1.807, 2.05) is 0 Å². The topological polar surface area (TPSA) is 128 Å². The Morgan fingerprint density at radius 3 is 3.00 bits per heavy atom. The molecule has 1 fully saturated rings. The molecule has 2 heterocycles. The Morgan fingerprint density at radius 2 is 2.33 bits per heavy atom. The second-order valence-corrected chi connectivity index (χ2v) is 3.87. The molecular formula is C9H12N4O5. The number of carbonyl (C=O) groups is 1. The maximum absolute atomic E-state index is 11.5. The molecular weight excluding hydrogens is 244 g/mol. The van der Waals surface area contributed by atoms with Gasteiger partial charge in [0, 0.05) is 13.1 Å². The lowest BCUT2D eigenvalue weighted by atomic mass is 10.2. The molecule has 1 aromatic heterocycles. The van der Waals surface area contributed by atoms with E-state index in [1.54, 1.807) is 4.90 Å². The first-order valence-electron chi connectivity index (χ1n) is 5.33. The van der Waals surface area contributed by atoms with E-state index in [-0.39, 0.29) is 18.8 Å². The summed E-state index contributed by atoms with van der Waals surface area (Å²) in [4.78, 5) is 36.6. The maximum Gasteiger partial charge on any atom is 0.342 e. The molecule has 0 saturated carbocycles. The fourth-order valence-electron chi connectivity index (χ4n) is 1.79. The molecule has 1 aliphatic heterocycles. The lowest BCUT2D eigenvalue weighted by molar-refractivity contribution is -0.140. The average Bonchev–Trinajstić information content (AvgIpc) is 2.28. The van der Waals surface area contributed by atoms with Gasteiger partial charge in [-0.05, 0) is 0 Å². The van der Waals surface area contributed by atoms with Gasteiger partial charge in [-0.1, -0.05) is 0 Å². The number of morpholine rings is 1. The van der Waals surface area contributed by atoms with E-state index >= 15 is 0 Å². The lowest BCUT2D eigenvalue weighted by Crippen LogP contribution is -2.46. The minimum atomic E-state index is -0.967.